The number of oxazole rings is 1. The first kappa shape index (κ1) is 21.0. The van der Waals surface area contributed by atoms with Gasteiger partial charge in [0.15, 0.2) is 11.4 Å². The summed E-state index contributed by atoms with van der Waals surface area (Å²) in [6.45, 7) is 3.00. The molecule has 8 nitrogen and oxygen atoms in total. The van der Waals surface area contributed by atoms with Gasteiger partial charge in [0.25, 0.3) is 11.9 Å². The Bertz CT molecular complexity index is 1290. The van der Waals surface area contributed by atoms with Gasteiger partial charge in [-0.15, -0.1) is 4.80 Å². The van der Waals surface area contributed by atoms with Gasteiger partial charge >= 0.3 is 0 Å². The maximum absolute atomic E-state index is 14.7. The summed E-state index contributed by atoms with van der Waals surface area (Å²) in [7, 11) is 0. The summed E-state index contributed by atoms with van der Waals surface area (Å²) < 4.78 is 33.7. The van der Waals surface area contributed by atoms with Crippen molar-refractivity contribution in [2.24, 2.45) is 5.92 Å². The summed E-state index contributed by atoms with van der Waals surface area (Å²) in [4.78, 5) is 20.8. The average Bonchev–Trinajstić information content (AvgIpc) is 3.47. The van der Waals surface area contributed by atoms with Gasteiger partial charge in [0.1, 0.15) is 17.0 Å². The number of rotatable bonds is 5. The molecular weight excluding hydrogens is 430 g/mol. The molecule has 1 saturated heterocycles. The molecule has 10 heteroatoms. The van der Waals surface area contributed by atoms with Crippen LogP contribution in [0.25, 0.3) is 16.8 Å². The van der Waals surface area contributed by atoms with Crippen LogP contribution in [0.15, 0.2) is 53.2 Å². The van der Waals surface area contributed by atoms with Crippen LogP contribution < -0.4 is 5.32 Å². The summed E-state index contributed by atoms with van der Waals surface area (Å²) in [6, 6.07) is 8.60. The van der Waals surface area contributed by atoms with Crippen LogP contribution in [0.4, 0.5) is 14.8 Å². The number of hydrogen-bond donors (Lipinski definition) is 1. The Morgan fingerprint density at radius 3 is 2.85 bits per heavy atom. The molecule has 1 aliphatic rings. The fourth-order valence-electron chi connectivity index (χ4n) is 4.36. The summed E-state index contributed by atoms with van der Waals surface area (Å²) in [6.07, 6.45) is 4.66. The molecule has 0 spiro atoms. The number of anilines is 1. The van der Waals surface area contributed by atoms with E-state index in [-0.39, 0.29) is 35.1 Å². The molecule has 0 unspecified atom stereocenters. The zero-order valence-electron chi connectivity index (χ0n) is 17.9. The number of likely N-dealkylation sites (tertiary alicyclic amines) is 1. The number of halogens is 2. The van der Waals surface area contributed by atoms with E-state index in [1.807, 2.05) is 0 Å². The lowest BCUT2D eigenvalue weighted by Gasteiger charge is -2.40. The van der Waals surface area contributed by atoms with E-state index >= 15 is 0 Å². The quantitative estimate of drug-likeness (QED) is 0.492. The van der Waals surface area contributed by atoms with E-state index < -0.39 is 11.6 Å². The molecule has 1 amide bonds. The van der Waals surface area contributed by atoms with Crippen molar-refractivity contribution in [2.75, 3.05) is 18.4 Å². The highest BCUT2D eigenvalue weighted by atomic mass is 19.1. The van der Waals surface area contributed by atoms with Crippen LogP contribution in [0, 0.1) is 17.6 Å². The second kappa shape index (κ2) is 8.61. The van der Waals surface area contributed by atoms with Gasteiger partial charge < -0.3 is 14.6 Å². The molecule has 5 rings (SSSR count). The molecule has 0 radical (unpaired) electrons. The molecule has 33 heavy (non-hydrogen) atoms. The van der Waals surface area contributed by atoms with E-state index in [0.717, 1.165) is 17.6 Å². The van der Waals surface area contributed by atoms with Gasteiger partial charge in [0, 0.05) is 19.2 Å². The minimum absolute atomic E-state index is 0.0263. The second-order valence-electron chi connectivity index (χ2n) is 8.15. The zero-order chi connectivity index (χ0) is 22.9. The molecule has 170 valence electrons. The first-order chi connectivity index (χ1) is 16.0. The lowest BCUT2D eigenvalue weighted by Crippen LogP contribution is -2.51. The number of hydrogen-bond acceptors (Lipinski definition) is 6. The minimum Gasteiger partial charge on any atom is -0.423 e. The van der Waals surface area contributed by atoms with Gasteiger partial charge in [0.2, 0.25) is 0 Å². The third-order valence-electron chi connectivity index (χ3n) is 6.03. The van der Waals surface area contributed by atoms with Gasteiger partial charge in [0.05, 0.1) is 24.0 Å². The summed E-state index contributed by atoms with van der Waals surface area (Å²) >= 11 is 0. The van der Waals surface area contributed by atoms with Crippen molar-refractivity contribution < 1.29 is 18.0 Å². The van der Waals surface area contributed by atoms with Gasteiger partial charge in [-0.05, 0) is 43.0 Å². The number of amides is 1. The lowest BCUT2D eigenvalue weighted by molar-refractivity contribution is 0.0538. The van der Waals surface area contributed by atoms with Crippen LogP contribution in [-0.4, -0.2) is 49.9 Å². The second-order valence-corrected chi connectivity index (χ2v) is 8.15. The topological polar surface area (TPSA) is 89.1 Å². The number of nitrogens with one attached hydrogen (secondary N) is 1. The maximum atomic E-state index is 14.7. The number of para-hydroxylation sites is 1. The summed E-state index contributed by atoms with van der Waals surface area (Å²) in [5.41, 5.74) is 1.11. The van der Waals surface area contributed by atoms with E-state index in [0.29, 0.717) is 24.2 Å². The molecule has 1 fully saturated rings. The predicted molar refractivity (Wildman–Crippen MR) is 117 cm³/mol. The van der Waals surface area contributed by atoms with Gasteiger partial charge in [-0.1, -0.05) is 13.0 Å². The smallest absolute Gasteiger partial charge is 0.295 e. The van der Waals surface area contributed by atoms with E-state index in [9.17, 15) is 13.6 Å². The molecule has 2 aromatic heterocycles. The number of piperidine rings is 1. The summed E-state index contributed by atoms with van der Waals surface area (Å²) in [5.74, 6) is -1.08. The molecule has 2 atom stereocenters. The van der Waals surface area contributed by atoms with Crippen molar-refractivity contribution in [1.82, 2.24) is 24.9 Å². The average molecular weight is 452 g/mol. The van der Waals surface area contributed by atoms with Gasteiger partial charge in [-0.3, -0.25) is 4.79 Å². The van der Waals surface area contributed by atoms with Crippen LogP contribution >= 0.6 is 0 Å². The minimum atomic E-state index is -0.574. The van der Waals surface area contributed by atoms with Gasteiger partial charge in [-0.2, -0.15) is 15.2 Å². The third kappa shape index (κ3) is 4.04. The number of benzene rings is 2. The van der Waals surface area contributed by atoms with Crippen LogP contribution in [0.1, 0.15) is 30.1 Å². The van der Waals surface area contributed by atoms with Crippen LogP contribution in [0.2, 0.25) is 0 Å². The molecule has 3 heterocycles. The monoisotopic (exact) mass is 452 g/mol. The Balaban J connectivity index is 1.41. The fourth-order valence-corrected chi connectivity index (χ4v) is 4.36. The first-order valence-electron chi connectivity index (χ1n) is 10.8. The van der Waals surface area contributed by atoms with Gasteiger partial charge in [-0.25, -0.2) is 8.78 Å². The molecule has 1 N–H and O–H groups in total. The predicted octanol–water partition coefficient (Wildman–Crippen LogP) is 4.04. The van der Waals surface area contributed by atoms with Crippen molar-refractivity contribution in [3.8, 4) is 5.69 Å². The standard InChI is InChI=1S/C23H22F2N6O2/c1-14-4-3-11-30(19(14)13-26-23-29-18-8-7-15(24)12-20(18)33-23)22(32)16-5-2-6-17(25)21(16)31-27-9-10-28-31/h2,5-10,12,14,19H,3-4,11,13H2,1H3,(H,26,29)/t14-,19-/m1/s1. The SMILES string of the molecule is C[C@@H]1CCCN(C(=O)c2cccc(F)c2-n2nccn2)[C@@H]1CNc1nc2ccc(F)cc2o1. The van der Waals surface area contributed by atoms with Crippen LogP contribution in [0.3, 0.4) is 0 Å². The fraction of sp³-hybridized carbons (Fsp3) is 0.304. The molecule has 1 aliphatic heterocycles. The van der Waals surface area contributed by atoms with E-state index in [4.69, 9.17) is 4.42 Å². The van der Waals surface area contributed by atoms with Crippen molar-refractivity contribution in [1.29, 1.82) is 0 Å². The lowest BCUT2D eigenvalue weighted by atomic mass is 9.90. The number of fused-ring (bicyclic) bond motifs is 1. The third-order valence-corrected chi connectivity index (χ3v) is 6.03. The van der Waals surface area contributed by atoms with E-state index in [1.165, 1.54) is 36.7 Å². The Hall–Kier alpha value is -3.82. The molecule has 4 aromatic rings. The summed E-state index contributed by atoms with van der Waals surface area (Å²) in [5, 5.41) is 11.2. The highest BCUT2D eigenvalue weighted by Crippen LogP contribution is 2.28. The molecule has 0 aliphatic carbocycles. The van der Waals surface area contributed by atoms with Crippen molar-refractivity contribution in [3.05, 3.63) is 66.0 Å². The largest absolute Gasteiger partial charge is 0.423 e. The first-order valence-corrected chi connectivity index (χ1v) is 10.8. The molecule has 0 bridgehead atoms. The number of aromatic nitrogens is 4. The van der Waals surface area contributed by atoms with Crippen molar-refractivity contribution >= 4 is 23.0 Å². The van der Waals surface area contributed by atoms with Crippen LogP contribution in [-0.2, 0) is 0 Å². The highest BCUT2D eigenvalue weighted by molar-refractivity contribution is 5.98. The molecular formula is C23H22F2N6O2. The molecule has 2 aromatic carbocycles. The zero-order valence-corrected chi connectivity index (χ0v) is 17.9. The van der Waals surface area contributed by atoms with Crippen molar-refractivity contribution in [3.63, 3.8) is 0 Å². The highest BCUT2D eigenvalue weighted by Gasteiger charge is 2.34. The molecule has 0 saturated carbocycles. The normalized spacial score (nSPS) is 18.6. The van der Waals surface area contributed by atoms with E-state index in [2.05, 4.69) is 27.4 Å². The number of nitrogens with zero attached hydrogens (tertiary/aromatic N) is 5. The van der Waals surface area contributed by atoms with Crippen LogP contribution in [0.5, 0.6) is 0 Å². The van der Waals surface area contributed by atoms with Crippen molar-refractivity contribution in [2.45, 2.75) is 25.8 Å². The Morgan fingerprint density at radius 1 is 1.21 bits per heavy atom. The number of carbonyl (C=O) groups is 1. The Morgan fingerprint density at radius 2 is 2.03 bits per heavy atom. The van der Waals surface area contributed by atoms with E-state index in [1.54, 1.807) is 17.0 Å². The number of carbonyl (C=O) groups excluding carboxylic acids is 1. The Labute approximate surface area is 188 Å². The Kier molecular flexibility index (Phi) is 5.49. The maximum Gasteiger partial charge on any atom is 0.295 e.